The van der Waals surface area contributed by atoms with E-state index in [2.05, 4.69) is 63.1 Å². The summed E-state index contributed by atoms with van der Waals surface area (Å²) in [6.07, 6.45) is 0. The van der Waals surface area contributed by atoms with Crippen molar-refractivity contribution in [3.05, 3.63) is 180 Å². The predicted molar refractivity (Wildman–Crippen MR) is 202 cm³/mol. The smallest absolute Gasteiger partial charge is 0.124 e. The van der Waals surface area contributed by atoms with Gasteiger partial charge in [0.25, 0.3) is 0 Å². The number of aliphatic imine (C=N–C) groups is 1. The van der Waals surface area contributed by atoms with Gasteiger partial charge in [-0.2, -0.15) is 0 Å². The molecule has 0 amide bonds. The van der Waals surface area contributed by atoms with E-state index in [4.69, 9.17) is 20.2 Å². The summed E-state index contributed by atoms with van der Waals surface area (Å²) < 4.78 is 0. The highest BCUT2D eigenvalue weighted by Gasteiger charge is 2.33. The third-order valence-corrected chi connectivity index (χ3v) is 9.51. The Morgan fingerprint density at radius 3 is 1.42 bits per heavy atom. The number of rotatable bonds is 6. The van der Waals surface area contributed by atoms with E-state index < -0.39 is 0 Å². The first-order valence-electron chi connectivity index (χ1n) is 17.0. The molecule has 8 nitrogen and oxygen atoms in total. The minimum Gasteiger partial charge on any atom is -0.248 e. The van der Waals surface area contributed by atoms with Crippen molar-refractivity contribution >= 4 is 22.7 Å². The second-order valence-corrected chi connectivity index (χ2v) is 12.5. The van der Waals surface area contributed by atoms with Crippen molar-refractivity contribution in [1.82, 2.24) is 30.8 Å². The largest absolute Gasteiger partial charge is 0.248 e. The summed E-state index contributed by atoms with van der Waals surface area (Å²) in [5, 5.41) is 29.5. The number of para-hydroxylation sites is 1. The Bertz CT molecular complexity index is 2820. The molecule has 0 bridgehead atoms. The summed E-state index contributed by atoms with van der Waals surface area (Å²) in [5.74, 6) is 0. The summed E-state index contributed by atoms with van der Waals surface area (Å²) in [6, 6.07) is 52.9. The van der Waals surface area contributed by atoms with Gasteiger partial charge >= 0.3 is 0 Å². The third kappa shape index (κ3) is 4.77. The molecule has 0 aliphatic carbocycles. The SMILES string of the molecule is c1ccc(-c2nnnc(C3=Nc4c5c(ccc4=C3c3nnnc(-c4ccccc4)c3-c3ccccc3)=Nc3ccccc3-5)c2-c2ccccc2)cc1. The molecule has 242 valence electrons. The number of hydrogen-bond acceptors (Lipinski definition) is 8. The second kappa shape index (κ2) is 12.2. The van der Waals surface area contributed by atoms with E-state index in [1.165, 1.54) is 0 Å². The molecule has 0 saturated carbocycles. The van der Waals surface area contributed by atoms with Gasteiger partial charge in [0.05, 0.1) is 16.7 Å². The van der Waals surface area contributed by atoms with E-state index in [0.29, 0.717) is 28.5 Å². The van der Waals surface area contributed by atoms with Crippen molar-refractivity contribution in [2.45, 2.75) is 0 Å². The van der Waals surface area contributed by atoms with Crippen LogP contribution < -0.4 is 10.6 Å². The highest BCUT2D eigenvalue weighted by Crippen LogP contribution is 2.43. The zero-order valence-electron chi connectivity index (χ0n) is 27.6. The zero-order valence-corrected chi connectivity index (χ0v) is 27.6. The lowest BCUT2D eigenvalue weighted by Gasteiger charge is -2.17. The summed E-state index contributed by atoms with van der Waals surface area (Å²) in [6.45, 7) is 0. The zero-order chi connectivity index (χ0) is 34.4. The van der Waals surface area contributed by atoms with Crippen molar-refractivity contribution in [1.29, 1.82) is 0 Å². The van der Waals surface area contributed by atoms with Gasteiger partial charge in [0, 0.05) is 44.2 Å². The van der Waals surface area contributed by atoms with Crippen LogP contribution >= 0.6 is 0 Å². The number of aromatic nitrogens is 6. The van der Waals surface area contributed by atoms with Crippen LogP contribution in [0.1, 0.15) is 11.4 Å². The molecule has 2 aliphatic heterocycles. The maximum Gasteiger partial charge on any atom is 0.124 e. The van der Waals surface area contributed by atoms with Crippen LogP contribution in [0, 0.1) is 0 Å². The molecule has 8 heteroatoms. The van der Waals surface area contributed by atoms with Crippen LogP contribution in [0.5, 0.6) is 0 Å². The van der Waals surface area contributed by atoms with Crippen LogP contribution in [-0.4, -0.2) is 36.5 Å². The highest BCUT2D eigenvalue weighted by molar-refractivity contribution is 6.36. The highest BCUT2D eigenvalue weighted by atomic mass is 15.3. The Morgan fingerprint density at radius 2 is 0.827 bits per heavy atom. The van der Waals surface area contributed by atoms with Crippen LogP contribution in [0.15, 0.2) is 168 Å². The minimum absolute atomic E-state index is 0.585. The third-order valence-electron chi connectivity index (χ3n) is 9.51. The lowest BCUT2D eigenvalue weighted by atomic mass is 9.89. The van der Waals surface area contributed by atoms with Gasteiger partial charge in [0.15, 0.2) is 0 Å². The van der Waals surface area contributed by atoms with E-state index in [9.17, 15) is 0 Å². The van der Waals surface area contributed by atoms with E-state index in [1.54, 1.807) is 0 Å². The predicted octanol–water partition coefficient (Wildman–Crippen LogP) is 7.99. The monoisotopic (exact) mass is 666 g/mol. The van der Waals surface area contributed by atoms with Gasteiger partial charge in [-0.05, 0) is 39.8 Å². The quantitative estimate of drug-likeness (QED) is 0.178. The van der Waals surface area contributed by atoms with Gasteiger partial charge in [-0.25, -0.2) is 9.98 Å². The molecule has 52 heavy (non-hydrogen) atoms. The van der Waals surface area contributed by atoms with E-state index in [0.717, 1.165) is 72.0 Å². The fourth-order valence-electron chi connectivity index (χ4n) is 7.22. The Kier molecular flexibility index (Phi) is 6.95. The maximum absolute atomic E-state index is 5.51. The van der Waals surface area contributed by atoms with E-state index >= 15 is 0 Å². The molecule has 0 saturated heterocycles. The molecule has 0 unspecified atom stereocenters. The second-order valence-electron chi connectivity index (χ2n) is 12.5. The van der Waals surface area contributed by atoms with Crippen LogP contribution in [0.25, 0.3) is 61.5 Å². The minimum atomic E-state index is 0.585. The summed E-state index contributed by atoms with van der Waals surface area (Å²) in [5.41, 5.74) is 13.2. The van der Waals surface area contributed by atoms with Crippen molar-refractivity contribution in [2.75, 3.05) is 0 Å². The Labute approximate surface area is 298 Å². The van der Waals surface area contributed by atoms with Gasteiger partial charge < -0.3 is 0 Å². The normalized spacial score (nSPS) is 12.5. The standard InChI is InChI=1S/C44H26N8/c1-5-15-27(16-6-1)35-39(29-19-9-3-10-20-29)47-51-49-42(35)38-32-25-26-34-37(31-23-13-14-24-33(31)45-34)41(32)46-43(38)44-36(28-17-7-2-8-18-28)40(48-52-50-44)30-21-11-4-12-22-30/h1-26H. The Morgan fingerprint density at radius 1 is 0.346 bits per heavy atom. The first-order valence-corrected chi connectivity index (χ1v) is 17.0. The fourth-order valence-corrected chi connectivity index (χ4v) is 7.22. The molecule has 0 atom stereocenters. The summed E-state index contributed by atoms with van der Waals surface area (Å²) in [7, 11) is 0. The fraction of sp³-hybridized carbons (Fsp3) is 0. The maximum atomic E-state index is 5.51. The van der Waals surface area contributed by atoms with Crippen molar-refractivity contribution < 1.29 is 0 Å². The van der Waals surface area contributed by atoms with Gasteiger partial charge in [-0.15, -0.1) is 20.4 Å². The van der Waals surface area contributed by atoms with Crippen molar-refractivity contribution in [3.63, 3.8) is 0 Å². The molecule has 0 N–H and O–H groups in total. The molecule has 2 aromatic heterocycles. The Balaban J connectivity index is 1.34. The lowest BCUT2D eigenvalue weighted by Crippen LogP contribution is -2.18. The molecular formula is C44H26N8. The van der Waals surface area contributed by atoms with Crippen molar-refractivity contribution in [2.24, 2.45) is 9.98 Å². The molecule has 10 rings (SSSR count). The van der Waals surface area contributed by atoms with Gasteiger partial charge in [-0.1, -0.05) is 140 Å². The average molecular weight is 667 g/mol. The molecular weight excluding hydrogens is 641 g/mol. The molecule has 0 radical (unpaired) electrons. The summed E-state index contributed by atoms with van der Waals surface area (Å²) >= 11 is 0. The molecule has 6 aromatic carbocycles. The first kappa shape index (κ1) is 29.6. The van der Waals surface area contributed by atoms with Gasteiger partial charge in [-0.3, -0.25) is 0 Å². The molecule has 4 heterocycles. The summed E-state index contributed by atoms with van der Waals surface area (Å²) in [4.78, 5) is 10.5. The first-order chi connectivity index (χ1) is 25.8. The molecule has 2 aliphatic rings. The van der Waals surface area contributed by atoms with Crippen LogP contribution in [0.3, 0.4) is 0 Å². The van der Waals surface area contributed by atoms with Crippen LogP contribution in [0.2, 0.25) is 0 Å². The van der Waals surface area contributed by atoms with Crippen LogP contribution in [0.4, 0.5) is 11.4 Å². The van der Waals surface area contributed by atoms with Gasteiger partial charge in [0.2, 0.25) is 0 Å². The number of hydrogen-bond donors (Lipinski definition) is 0. The number of nitrogens with zero attached hydrogens (tertiary/aromatic N) is 8. The topological polar surface area (TPSA) is 102 Å². The molecule has 0 fully saturated rings. The number of fused-ring (bicyclic) bond motifs is 5. The molecule has 8 aromatic rings. The Hall–Kier alpha value is -7.32. The van der Waals surface area contributed by atoms with E-state index in [-0.39, 0.29) is 0 Å². The lowest BCUT2D eigenvalue weighted by molar-refractivity contribution is 0.861. The van der Waals surface area contributed by atoms with E-state index in [1.807, 2.05) is 115 Å². The number of benzene rings is 6. The van der Waals surface area contributed by atoms with Gasteiger partial charge in [0.1, 0.15) is 28.5 Å². The average Bonchev–Trinajstić information content (AvgIpc) is 3.80. The molecule has 0 spiro atoms. The van der Waals surface area contributed by atoms with Crippen molar-refractivity contribution in [3.8, 4) is 55.9 Å². The van der Waals surface area contributed by atoms with Crippen LogP contribution in [-0.2, 0) is 0 Å².